The molecule has 2 rings (SSSR count). The summed E-state index contributed by atoms with van der Waals surface area (Å²) in [5.74, 6) is -0.678. The van der Waals surface area contributed by atoms with Crippen LogP contribution in [0.5, 0.6) is 5.75 Å². The lowest BCUT2D eigenvalue weighted by Gasteiger charge is -2.32. The molecular weight excluding hydrogens is 295 g/mol. The molecule has 1 heterocycles. The Balaban J connectivity index is 2.38. The van der Waals surface area contributed by atoms with Crippen molar-refractivity contribution in [3.8, 4) is 5.75 Å². The van der Waals surface area contributed by atoms with Crippen molar-refractivity contribution >= 4 is 13.1 Å². The van der Waals surface area contributed by atoms with Crippen LogP contribution in [-0.4, -0.2) is 36.5 Å². The molecular formula is C17H25BO5. The molecule has 5 nitrogen and oxygen atoms in total. The Hall–Kier alpha value is -1.53. The molecule has 1 saturated heterocycles. The van der Waals surface area contributed by atoms with Gasteiger partial charge in [-0.15, -0.1) is 0 Å². The molecule has 0 amide bonds. The number of methoxy groups -OCH3 is 1. The van der Waals surface area contributed by atoms with Crippen molar-refractivity contribution in [3.63, 3.8) is 0 Å². The lowest BCUT2D eigenvalue weighted by molar-refractivity contribution is -0.140. The fraction of sp³-hybridized carbons (Fsp3) is 0.588. The number of carbonyl (C=O) groups is 1. The summed E-state index contributed by atoms with van der Waals surface area (Å²) in [6, 6.07) is 5.37. The van der Waals surface area contributed by atoms with Gasteiger partial charge in [-0.05, 0) is 51.8 Å². The van der Waals surface area contributed by atoms with E-state index < -0.39 is 24.1 Å². The van der Waals surface area contributed by atoms with Crippen molar-refractivity contribution in [1.29, 1.82) is 0 Å². The number of phenols is 1. The van der Waals surface area contributed by atoms with Crippen LogP contribution in [0.25, 0.3) is 0 Å². The van der Waals surface area contributed by atoms with Gasteiger partial charge in [0.15, 0.2) is 0 Å². The lowest BCUT2D eigenvalue weighted by Crippen LogP contribution is -2.41. The molecule has 126 valence electrons. The number of aryl methyl sites for hydroxylation is 1. The Morgan fingerprint density at radius 2 is 1.83 bits per heavy atom. The first-order valence-corrected chi connectivity index (χ1v) is 7.79. The largest absolute Gasteiger partial charge is 0.508 e. The second-order valence-electron chi connectivity index (χ2n) is 7.07. The van der Waals surface area contributed by atoms with Crippen LogP contribution in [-0.2, 0) is 18.8 Å². The number of rotatable bonds is 4. The minimum atomic E-state index is -0.632. The molecule has 23 heavy (non-hydrogen) atoms. The molecule has 1 atom stereocenters. The Morgan fingerprint density at radius 3 is 2.30 bits per heavy atom. The summed E-state index contributed by atoms with van der Waals surface area (Å²) in [4.78, 5) is 11.8. The van der Waals surface area contributed by atoms with Crippen LogP contribution in [0.2, 0.25) is 0 Å². The predicted molar refractivity (Wildman–Crippen MR) is 88.3 cm³/mol. The highest BCUT2D eigenvalue weighted by Crippen LogP contribution is 2.43. The zero-order chi connectivity index (χ0) is 17.4. The average molecular weight is 320 g/mol. The van der Waals surface area contributed by atoms with Gasteiger partial charge >= 0.3 is 13.1 Å². The SMILES string of the molecule is COC(=O)CC(B1OC(C)(C)C(C)(C)O1)c1ccc(C)cc1O. The smallest absolute Gasteiger partial charge is 0.466 e. The number of hydrogen-bond acceptors (Lipinski definition) is 5. The molecule has 0 saturated carbocycles. The third-order valence-electron chi connectivity index (χ3n) is 4.80. The Labute approximate surface area is 138 Å². The van der Waals surface area contributed by atoms with Gasteiger partial charge in [0.05, 0.1) is 24.7 Å². The fourth-order valence-corrected chi connectivity index (χ4v) is 2.64. The van der Waals surface area contributed by atoms with Gasteiger partial charge in [0.1, 0.15) is 5.75 Å². The second-order valence-corrected chi connectivity index (χ2v) is 7.07. The summed E-state index contributed by atoms with van der Waals surface area (Å²) in [5, 5.41) is 10.3. The molecule has 0 bridgehead atoms. The summed E-state index contributed by atoms with van der Waals surface area (Å²) in [5.41, 5.74) is 0.551. The highest BCUT2D eigenvalue weighted by atomic mass is 16.7. The van der Waals surface area contributed by atoms with Crippen molar-refractivity contribution < 1.29 is 23.9 Å². The van der Waals surface area contributed by atoms with Crippen LogP contribution in [0, 0.1) is 6.92 Å². The highest BCUT2D eigenvalue weighted by molar-refractivity contribution is 6.48. The molecule has 1 N–H and O–H groups in total. The van der Waals surface area contributed by atoms with Gasteiger partial charge < -0.3 is 19.2 Å². The van der Waals surface area contributed by atoms with E-state index in [1.165, 1.54) is 7.11 Å². The second kappa shape index (κ2) is 6.17. The minimum Gasteiger partial charge on any atom is -0.508 e. The van der Waals surface area contributed by atoms with Crippen molar-refractivity contribution in [2.24, 2.45) is 0 Å². The van der Waals surface area contributed by atoms with Gasteiger partial charge in [-0.3, -0.25) is 4.79 Å². The quantitative estimate of drug-likeness (QED) is 0.682. The number of aromatic hydroxyl groups is 1. The van der Waals surface area contributed by atoms with Crippen molar-refractivity contribution in [1.82, 2.24) is 0 Å². The van der Waals surface area contributed by atoms with Crippen molar-refractivity contribution in [3.05, 3.63) is 29.3 Å². The van der Waals surface area contributed by atoms with E-state index in [1.54, 1.807) is 6.07 Å². The Morgan fingerprint density at radius 1 is 1.26 bits per heavy atom. The van der Waals surface area contributed by atoms with E-state index in [-0.39, 0.29) is 18.1 Å². The van der Waals surface area contributed by atoms with E-state index in [1.807, 2.05) is 46.8 Å². The summed E-state index contributed by atoms with van der Waals surface area (Å²) in [7, 11) is 0.714. The summed E-state index contributed by atoms with van der Waals surface area (Å²) < 4.78 is 16.9. The van der Waals surface area contributed by atoms with Crippen LogP contribution < -0.4 is 0 Å². The predicted octanol–water partition coefficient (Wildman–Crippen LogP) is 2.98. The molecule has 1 unspecified atom stereocenters. The molecule has 6 heteroatoms. The van der Waals surface area contributed by atoms with E-state index in [0.717, 1.165) is 5.56 Å². The van der Waals surface area contributed by atoms with Crippen molar-refractivity contribution in [2.45, 2.75) is 58.1 Å². The zero-order valence-electron chi connectivity index (χ0n) is 14.7. The zero-order valence-corrected chi connectivity index (χ0v) is 14.7. The van der Waals surface area contributed by atoms with Crippen LogP contribution in [0.15, 0.2) is 18.2 Å². The molecule has 0 spiro atoms. The van der Waals surface area contributed by atoms with Gasteiger partial charge in [-0.25, -0.2) is 0 Å². The molecule has 1 aliphatic rings. The molecule has 1 fully saturated rings. The maximum Gasteiger partial charge on any atom is 0.466 e. The first-order valence-electron chi connectivity index (χ1n) is 7.79. The number of carbonyl (C=O) groups excluding carboxylic acids is 1. The number of hydrogen-bond donors (Lipinski definition) is 1. The summed E-state index contributed by atoms with van der Waals surface area (Å²) in [6.07, 6.45) is 0.0734. The topological polar surface area (TPSA) is 65.0 Å². The van der Waals surface area contributed by atoms with E-state index in [0.29, 0.717) is 5.56 Å². The Kier molecular flexibility index (Phi) is 4.78. The van der Waals surface area contributed by atoms with Gasteiger partial charge in [0.2, 0.25) is 0 Å². The van der Waals surface area contributed by atoms with Crippen LogP contribution in [0.4, 0.5) is 0 Å². The Bertz CT molecular complexity index is 581. The monoisotopic (exact) mass is 320 g/mol. The normalized spacial score (nSPS) is 20.3. The first kappa shape index (κ1) is 17.8. The molecule has 1 aromatic carbocycles. The molecule has 0 radical (unpaired) electrons. The molecule has 1 aromatic rings. The third-order valence-corrected chi connectivity index (χ3v) is 4.80. The minimum absolute atomic E-state index is 0.0734. The van der Waals surface area contributed by atoms with Crippen LogP contribution in [0.1, 0.15) is 51.1 Å². The number of benzene rings is 1. The first-order chi connectivity index (χ1) is 10.6. The van der Waals surface area contributed by atoms with E-state index in [9.17, 15) is 9.90 Å². The van der Waals surface area contributed by atoms with Gasteiger partial charge in [0.25, 0.3) is 0 Å². The van der Waals surface area contributed by atoms with E-state index in [4.69, 9.17) is 14.0 Å². The molecule has 0 aliphatic carbocycles. The van der Waals surface area contributed by atoms with E-state index >= 15 is 0 Å². The average Bonchev–Trinajstić information content (AvgIpc) is 2.65. The molecule has 0 aromatic heterocycles. The summed E-state index contributed by atoms with van der Waals surface area (Å²) in [6.45, 7) is 9.72. The van der Waals surface area contributed by atoms with Crippen molar-refractivity contribution in [2.75, 3.05) is 7.11 Å². The third kappa shape index (κ3) is 3.53. The maximum atomic E-state index is 11.8. The standard InChI is InChI=1S/C17H25BO5/c1-11-7-8-12(14(19)9-11)13(10-15(20)21-6)18-22-16(2,3)17(4,5)23-18/h7-9,13,19H,10H2,1-6H3. The number of ether oxygens (including phenoxy) is 1. The molecule has 1 aliphatic heterocycles. The van der Waals surface area contributed by atoms with Crippen LogP contribution >= 0.6 is 0 Å². The van der Waals surface area contributed by atoms with Gasteiger partial charge in [-0.1, -0.05) is 12.1 Å². The van der Waals surface area contributed by atoms with E-state index in [2.05, 4.69) is 0 Å². The van der Waals surface area contributed by atoms with Gasteiger partial charge in [0, 0.05) is 5.82 Å². The van der Waals surface area contributed by atoms with Gasteiger partial charge in [-0.2, -0.15) is 0 Å². The number of phenolic OH excluding ortho intramolecular Hbond substituents is 1. The number of esters is 1. The maximum absolute atomic E-state index is 11.8. The summed E-state index contributed by atoms with van der Waals surface area (Å²) >= 11 is 0. The lowest BCUT2D eigenvalue weighted by atomic mass is 9.66. The van der Waals surface area contributed by atoms with Crippen LogP contribution in [0.3, 0.4) is 0 Å². The highest BCUT2D eigenvalue weighted by Gasteiger charge is 2.54. The fourth-order valence-electron chi connectivity index (χ4n) is 2.64.